The van der Waals surface area contributed by atoms with Crippen LogP contribution in [0, 0.1) is 0 Å². The molecule has 0 bridgehead atoms. The van der Waals surface area contributed by atoms with E-state index in [1.165, 1.54) is 0 Å². The van der Waals surface area contributed by atoms with Crippen molar-refractivity contribution >= 4 is 30.0 Å². The quantitative estimate of drug-likeness (QED) is 0.215. The van der Waals surface area contributed by atoms with Crippen LogP contribution in [0.3, 0.4) is 0 Å². The number of alkyl carbamates (subject to hydrolysis) is 2. The summed E-state index contributed by atoms with van der Waals surface area (Å²) in [4.78, 5) is 39.0. The minimum Gasteiger partial charge on any atom is -0.444 e. The first kappa shape index (κ1) is 31.9. The normalized spacial score (nSPS) is 11.6. The number of amides is 2. The molecular weight excluding hydrogens is 478 g/mol. The minimum absolute atomic E-state index is 0.428. The Morgan fingerprint density at radius 1 is 0.649 bits per heavy atom. The molecule has 0 aliphatic carbocycles. The van der Waals surface area contributed by atoms with Crippen LogP contribution in [-0.2, 0) is 9.47 Å². The van der Waals surface area contributed by atoms with E-state index in [1.54, 1.807) is 0 Å². The highest BCUT2D eigenvalue weighted by Gasteiger charge is 2.16. The number of hydrogen-bond acceptors (Lipinski definition) is 11. The molecule has 0 aromatic carbocycles. The maximum absolute atomic E-state index is 11.8. The number of anilines is 3. The first-order valence-electron chi connectivity index (χ1n) is 12.8. The molecule has 1 aromatic rings. The van der Waals surface area contributed by atoms with Crippen LogP contribution >= 0.6 is 0 Å². The van der Waals surface area contributed by atoms with E-state index in [4.69, 9.17) is 9.47 Å². The summed E-state index contributed by atoms with van der Waals surface area (Å²) >= 11 is 0. The van der Waals surface area contributed by atoms with Gasteiger partial charge in [-0.2, -0.15) is 15.0 Å². The number of carbonyl (C=O) groups is 2. The molecule has 0 saturated heterocycles. The zero-order valence-corrected chi connectivity index (χ0v) is 23.8. The van der Waals surface area contributed by atoms with E-state index in [0.29, 0.717) is 56.9 Å². The van der Waals surface area contributed by atoms with Crippen molar-refractivity contribution in [3.63, 3.8) is 0 Å². The molecule has 1 heterocycles. The molecule has 0 atom stereocenters. The second-order valence-electron chi connectivity index (χ2n) is 10.8. The van der Waals surface area contributed by atoms with Gasteiger partial charge in [-0.05, 0) is 81.4 Å². The van der Waals surface area contributed by atoms with Gasteiger partial charge in [-0.25, -0.2) is 9.59 Å². The summed E-state index contributed by atoms with van der Waals surface area (Å²) in [7, 11) is 4.06. The van der Waals surface area contributed by atoms with Crippen molar-refractivity contribution in [1.29, 1.82) is 0 Å². The third kappa shape index (κ3) is 17.9. The molecule has 5 N–H and O–H groups in total. The van der Waals surface area contributed by atoms with Gasteiger partial charge in [0.1, 0.15) is 11.2 Å². The zero-order valence-electron chi connectivity index (χ0n) is 23.8. The Kier molecular flexibility index (Phi) is 13.7. The molecule has 13 nitrogen and oxygen atoms in total. The Morgan fingerprint density at radius 2 is 1.00 bits per heavy atom. The fourth-order valence-corrected chi connectivity index (χ4v) is 2.79. The highest BCUT2D eigenvalue weighted by molar-refractivity contribution is 5.67. The first-order valence-corrected chi connectivity index (χ1v) is 12.8. The summed E-state index contributed by atoms with van der Waals surface area (Å²) in [5, 5.41) is 15.1. The molecule has 2 amide bonds. The van der Waals surface area contributed by atoms with Crippen LogP contribution in [0.5, 0.6) is 0 Å². The Bertz CT molecular complexity index is 767. The maximum atomic E-state index is 11.8. The van der Waals surface area contributed by atoms with Crippen LogP contribution in [0.25, 0.3) is 0 Å². The third-order valence-electron chi connectivity index (χ3n) is 4.31. The van der Waals surface area contributed by atoms with E-state index in [9.17, 15) is 9.59 Å². The van der Waals surface area contributed by atoms with Crippen molar-refractivity contribution < 1.29 is 19.1 Å². The molecular formula is C24H47N9O4. The number of nitrogens with one attached hydrogen (secondary N) is 5. The second kappa shape index (κ2) is 15.9. The lowest BCUT2D eigenvalue weighted by molar-refractivity contribution is 0.0516. The topological polar surface area (TPSA) is 155 Å². The Hall–Kier alpha value is -3.09. The lowest BCUT2D eigenvalue weighted by atomic mass is 10.2. The molecule has 0 aliphatic heterocycles. The summed E-state index contributed by atoms with van der Waals surface area (Å²) < 4.78 is 10.5. The van der Waals surface area contributed by atoms with Crippen molar-refractivity contribution in [3.05, 3.63) is 0 Å². The lowest BCUT2D eigenvalue weighted by Gasteiger charge is -2.19. The summed E-state index contributed by atoms with van der Waals surface area (Å²) in [5.74, 6) is 1.33. The Morgan fingerprint density at radius 3 is 1.32 bits per heavy atom. The third-order valence-corrected chi connectivity index (χ3v) is 4.31. The number of hydrogen-bond donors (Lipinski definition) is 5. The average Bonchev–Trinajstić information content (AvgIpc) is 2.73. The van der Waals surface area contributed by atoms with E-state index in [1.807, 2.05) is 55.6 Å². The Labute approximate surface area is 221 Å². The molecule has 1 aromatic heterocycles. The maximum Gasteiger partial charge on any atom is 0.407 e. The van der Waals surface area contributed by atoms with Crippen LogP contribution in [0.2, 0.25) is 0 Å². The molecule has 1 rings (SSSR count). The van der Waals surface area contributed by atoms with Crippen molar-refractivity contribution in [1.82, 2.24) is 30.5 Å². The number of nitrogens with zero attached hydrogens (tertiary/aromatic N) is 4. The summed E-state index contributed by atoms with van der Waals surface area (Å²) in [5.41, 5.74) is -1.06. The predicted octanol–water partition coefficient (Wildman–Crippen LogP) is 2.89. The number of ether oxygens (including phenoxy) is 2. The van der Waals surface area contributed by atoms with Gasteiger partial charge in [-0.3, -0.25) is 0 Å². The highest BCUT2D eigenvalue weighted by atomic mass is 16.6. The van der Waals surface area contributed by atoms with Gasteiger partial charge in [0.2, 0.25) is 17.8 Å². The number of rotatable bonds is 15. The average molecular weight is 526 g/mol. The minimum atomic E-state index is -0.529. The first-order chi connectivity index (χ1) is 17.2. The molecule has 13 heteroatoms. The molecule has 0 aliphatic rings. The largest absolute Gasteiger partial charge is 0.444 e. The Balaban J connectivity index is 2.56. The molecule has 37 heavy (non-hydrogen) atoms. The van der Waals surface area contributed by atoms with E-state index in [2.05, 4.69) is 46.4 Å². The monoisotopic (exact) mass is 525 g/mol. The van der Waals surface area contributed by atoms with E-state index < -0.39 is 23.4 Å². The summed E-state index contributed by atoms with van der Waals surface area (Å²) in [6.07, 6.45) is 1.39. The summed E-state index contributed by atoms with van der Waals surface area (Å²) in [6.45, 7) is 14.6. The molecule has 0 unspecified atom stereocenters. The predicted molar refractivity (Wildman–Crippen MR) is 146 cm³/mol. The van der Waals surface area contributed by atoms with Crippen molar-refractivity contribution in [3.8, 4) is 0 Å². The number of aromatic nitrogens is 3. The van der Waals surface area contributed by atoms with Gasteiger partial charge in [0.05, 0.1) is 0 Å². The molecule has 212 valence electrons. The van der Waals surface area contributed by atoms with Crippen LogP contribution < -0.4 is 26.6 Å². The van der Waals surface area contributed by atoms with Gasteiger partial charge in [0.15, 0.2) is 0 Å². The standard InChI is InChI=1S/C24H47N9O4/c1-23(2,3)36-21(34)28-14-9-12-25-18-30-19(32-20(31-18)27-16-11-17-33(7)8)26-13-10-15-29-22(35)37-24(4,5)6/h9-17H2,1-8H3,(H,28,34)(H,29,35)(H3,25,26,27,30,31,32). The van der Waals surface area contributed by atoms with Crippen LogP contribution in [0.1, 0.15) is 60.8 Å². The van der Waals surface area contributed by atoms with Gasteiger partial charge in [-0.15, -0.1) is 0 Å². The van der Waals surface area contributed by atoms with Crippen LogP contribution in [0.15, 0.2) is 0 Å². The smallest absolute Gasteiger partial charge is 0.407 e. The molecule has 0 radical (unpaired) electrons. The van der Waals surface area contributed by atoms with E-state index >= 15 is 0 Å². The van der Waals surface area contributed by atoms with Gasteiger partial charge >= 0.3 is 12.2 Å². The summed E-state index contributed by atoms with van der Waals surface area (Å²) in [6, 6.07) is 0. The second-order valence-corrected chi connectivity index (χ2v) is 10.8. The SMILES string of the molecule is CN(C)CCCNc1nc(NCCCNC(=O)OC(C)(C)C)nc(NCCCNC(=O)OC(C)(C)C)n1. The van der Waals surface area contributed by atoms with E-state index in [-0.39, 0.29) is 0 Å². The highest BCUT2D eigenvalue weighted by Crippen LogP contribution is 2.10. The van der Waals surface area contributed by atoms with Gasteiger partial charge in [0, 0.05) is 32.7 Å². The fourth-order valence-electron chi connectivity index (χ4n) is 2.79. The van der Waals surface area contributed by atoms with Crippen LogP contribution in [-0.4, -0.2) is 96.6 Å². The molecule has 0 saturated carbocycles. The van der Waals surface area contributed by atoms with Crippen LogP contribution in [0.4, 0.5) is 27.4 Å². The molecule has 0 spiro atoms. The number of carbonyl (C=O) groups excluding carboxylic acids is 2. The molecule has 0 fully saturated rings. The van der Waals surface area contributed by atoms with Gasteiger partial charge < -0.3 is 41.0 Å². The fraction of sp³-hybridized carbons (Fsp3) is 0.792. The zero-order chi connectivity index (χ0) is 27.9. The van der Waals surface area contributed by atoms with Crippen molar-refractivity contribution in [2.45, 2.75) is 72.0 Å². The van der Waals surface area contributed by atoms with E-state index in [0.717, 1.165) is 19.5 Å². The van der Waals surface area contributed by atoms with Gasteiger partial charge in [-0.1, -0.05) is 0 Å². The van der Waals surface area contributed by atoms with Gasteiger partial charge in [0.25, 0.3) is 0 Å². The van der Waals surface area contributed by atoms with Crippen molar-refractivity contribution in [2.75, 3.05) is 69.3 Å². The lowest BCUT2D eigenvalue weighted by Crippen LogP contribution is -2.33. The van der Waals surface area contributed by atoms with Crippen molar-refractivity contribution in [2.24, 2.45) is 0 Å².